The molecule has 0 fully saturated rings. The van der Waals surface area contributed by atoms with E-state index in [2.05, 4.69) is 0 Å². The number of carbonyl (C=O) groups is 5. The molecule has 16 nitrogen and oxygen atoms in total. The largest absolute Gasteiger partial charge is 0.481 e. The normalized spacial score (nSPS) is 11.5. The van der Waals surface area contributed by atoms with Crippen molar-refractivity contribution in [3.8, 4) is 0 Å². The minimum atomic E-state index is -1.13. The van der Waals surface area contributed by atoms with Gasteiger partial charge in [-0.1, -0.05) is 60.5 Å². The molecule has 0 amide bonds. The SMILES string of the molecule is CC(C)(CO)COC(=O)C(C)(C)CO.CC(C)C(O)C(C)(C)CO.O=C(O)CCCCC(=O)O.O=C(O)c1cccc(C(=O)O)c1.OCCCCCCO. The first-order valence-corrected chi connectivity index (χ1v) is 17.7. The number of esters is 1. The summed E-state index contributed by atoms with van der Waals surface area (Å²) in [5.41, 5.74) is -1.70. The Hall–Kier alpha value is -3.67. The lowest BCUT2D eigenvalue weighted by atomic mass is 9.82. The van der Waals surface area contributed by atoms with Gasteiger partial charge in [0.1, 0.15) is 0 Å². The van der Waals surface area contributed by atoms with Gasteiger partial charge in [0.05, 0.1) is 49.1 Å². The van der Waals surface area contributed by atoms with Crippen LogP contribution in [-0.4, -0.2) is 127 Å². The number of hydrogen-bond acceptors (Lipinski definition) is 12. The van der Waals surface area contributed by atoms with Crippen LogP contribution in [0.2, 0.25) is 0 Å². The van der Waals surface area contributed by atoms with Gasteiger partial charge in [0.2, 0.25) is 0 Å². The van der Waals surface area contributed by atoms with Crippen molar-refractivity contribution in [2.75, 3.05) is 39.6 Å². The number of aliphatic hydroxyl groups is 6. The van der Waals surface area contributed by atoms with Crippen molar-refractivity contribution in [3.63, 3.8) is 0 Å². The van der Waals surface area contributed by atoms with E-state index in [1.54, 1.807) is 27.7 Å². The fourth-order valence-corrected chi connectivity index (χ4v) is 3.48. The van der Waals surface area contributed by atoms with Crippen LogP contribution in [0.3, 0.4) is 0 Å². The summed E-state index contributed by atoms with van der Waals surface area (Å²) in [6.45, 7) is 14.9. The lowest BCUT2D eigenvalue weighted by Crippen LogP contribution is -2.36. The highest BCUT2D eigenvalue weighted by Gasteiger charge is 2.30. The molecule has 0 aliphatic heterocycles. The van der Waals surface area contributed by atoms with Gasteiger partial charge in [0.15, 0.2) is 0 Å². The van der Waals surface area contributed by atoms with Gasteiger partial charge in [-0.2, -0.15) is 0 Å². The van der Waals surface area contributed by atoms with Gasteiger partial charge in [-0.25, -0.2) is 9.59 Å². The van der Waals surface area contributed by atoms with Crippen LogP contribution in [0.5, 0.6) is 0 Å². The predicted octanol–water partition coefficient (Wildman–Crippen LogP) is 3.92. The van der Waals surface area contributed by atoms with E-state index < -0.39 is 46.8 Å². The zero-order valence-corrected chi connectivity index (χ0v) is 33.3. The third-order valence-corrected chi connectivity index (χ3v) is 7.26. The van der Waals surface area contributed by atoms with Gasteiger partial charge in [-0.3, -0.25) is 14.4 Å². The first kappa shape index (κ1) is 57.1. The van der Waals surface area contributed by atoms with Gasteiger partial charge in [0.25, 0.3) is 0 Å². The molecule has 0 aromatic heterocycles. The molecule has 0 aliphatic carbocycles. The molecule has 16 heteroatoms. The topological polar surface area (TPSA) is 297 Å². The summed E-state index contributed by atoms with van der Waals surface area (Å²) in [4.78, 5) is 52.0. The molecule has 0 bridgehead atoms. The van der Waals surface area contributed by atoms with Crippen LogP contribution in [0, 0.1) is 22.2 Å². The van der Waals surface area contributed by atoms with E-state index in [0.29, 0.717) is 12.8 Å². The van der Waals surface area contributed by atoms with Crippen LogP contribution in [0.1, 0.15) is 127 Å². The first-order valence-electron chi connectivity index (χ1n) is 17.7. The van der Waals surface area contributed by atoms with Crippen molar-refractivity contribution < 1.29 is 79.8 Å². The van der Waals surface area contributed by atoms with Crippen molar-refractivity contribution in [2.45, 2.75) is 113 Å². The summed E-state index contributed by atoms with van der Waals surface area (Å²) in [5.74, 6) is -4.23. The Labute approximate surface area is 319 Å². The predicted molar refractivity (Wildman–Crippen MR) is 201 cm³/mol. The molecule has 1 rings (SSSR count). The molecular formula is C38H68O16. The second-order valence-electron chi connectivity index (χ2n) is 14.8. The number of hydrogen-bond donors (Lipinski definition) is 10. The Morgan fingerprint density at radius 3 is 1.30 bits per heavy atom. The third-order valence-electron chi connectivity index (χ3n) is 7.26. The molecule has 1 aromatic rings. The van der Waals surface area contributed by atoms with Crippen LogP contribution in [0.15, 0.2) is 24.3 Å². The maximum absolute atomic E-state index is 11.4. The zero-order chi connectivity index (χ0) is 43.1. The number of aliphatic hydroxyl groups excluding tert-OH is 6. The Morgan fingerprint density at radius 2 is 1.04 bits per heavy atom. The summed E-state index contributed by atoms with van der Waals surface area (Å²) in [5, 5.41) is 86.0. The maximum atomic E-state index is 11.4. The number of ether oxygens (including phenoxy) is 1. The van der Waals surface area contributed by atoms with Crippen molar-refractivity contribution >= 4 is 29.8 Å². The van der Waals surface area contributed by atoms with E-state index in [4.69, 9.17) is 50.7 Å². The van der Waals surface area contributed by atoms with Gasteiger partial charge in [0, 0.05) is 36.9 Å². The maximum Gasteiger partial charge on any atom is 0.335 e. The Kier molecular flexibility index (Phi) is 33.5. The number of unbranched alkanes of at least 4 members (excludes halogenated alkanes) is 4. The first-order chi connectivity index (χ1) is 24.8. The van der Waals surface area contributed by atoms with Crippen LogP contribution < -0.4 is 0 Å². The average molecular weight is 781 g/mol. The number of carboxylic acid groups (broad SMARTS) is 4. The monoisotopic (exact) mass is 780 g/mol. The molecule has 0 spiro atoms. The summed E-state index contributed by atoms with van der Waals surface area (Å²) in [6, 6.07) is 5.20. The van der Waals surface area contributed by atoms with Crippen LogP contribution in [0.4, 0.5) is 0 Å². The van der Waals surface area contributed by atoms with Crippen molar-refractivity contribution in [1.82, 2.24) is 0 Å². The highest BCUT2D eigenvalue weighted by molar-refractivity contribution is 5.93. The van der Waals surface area contributed by atoms with Gasteiger partial charge >= 0.3 is 29.8 Å². The van der Waals surface area contributed by atoms with Crippen molar-refractivity contribution in [1.29, 1.82) is 0 Å². The molecule has 1 unspecified atom stereocenters. The van der Waals surface area contributed by atoms with Gasteiger partial charge in [-0.05, 0) is 63.6 Å². The second-order valence-corrected chi connectivity index (χ2v) is 14.8. The molecular weight excluding hydrogens is 712 g/mol. The van der Waals surface area contributed by atoms with E-state index in [1.165, 1.54) is 18.2 Å². The summed E-state index contributed by atoms with van der Waals surface area (Å²) in [7, 11) is 0. The summed E-state index contributed by atoms with van der Waals surface area (Å²) < 4.78 is 4.99. The highest BCUT2D eigenvalue weighted by atomic mass is 16.5. The number of benzene rings is 1. The smallest absolute Gasteiger partial charge is 0.335 e. The lowest BCUT2D eigenvalue weighted by Gasteiger charge is -2.30. The van der Waals surface area contributed by atoms with Crippen molar-refractivity contribution in [2.24, 2.45) is 22.2 Å². The Bertz CT molecular complexity index is 1130. The van der Waals surface area contributed by atoms with E-state index in [1.807, 2.05) is 27.7 Å². The standard InChI is InChI=1S/C10H20O4.C8H6O4.C8H18O2.C6H10O4.C6H14O2/c1-9(2,5-11)7-14-8(13)10(3,4)6-12;9-7(10)5-2-1-3-6(4-5)8(11)12;1-6(2)7(10)8(3,4)5-9;7-5(8)3-1-2-4-6(9)10;7-5-3-1-2-4-6-8/h11-12H,5-7H2,1-4H3;1-4H,(H,9,10)(H,11,12);6-7,9-10H,5H2,1-4H3;1-4H2,(H,7,8)(H,9,10);7-8H,1-6H2. The molecule has 0 heterocycles. The number of carbonyl (C=O) groups excluding carboxylic acids is 1. The number of rotatable bonds is 20. The molecule has 0 saturated carbocycles. The Balaban J connectivity index is -0.000000293. The minimum Gasteiger partial charge on any atom is -0.481 e. The minimum absolute atomic E-state index is 0.0186. The van der Waals surface area contributed by atoms with Crippen molar-refractivity contribution in [3.05, 3.63) is 35.4 Å². The highest BCUT2D eigenvalue weighted by Crippen LogP contribution is 2.24. The molecule has 316 valence electrons. The van der Waals surface area contributed by atoms with E-state index in [9.17, 15) is 29.1 Å². The number of aromatic carboxylic acids is 2. The molecule has 1 aromatic carbocycles. The fraction of sp³-hybridized carbons (Fsp3) is 0.711. The molecule has 54 heavy (non-hydrogen) atoms. The molecule has 1 atom stereocenters. The van der Waals surface area contributed by atoms with Gasteiger partial charge < -0.3 is 55.8 Å². The third kappa shape index (κ3) is 32.9. The molecule has 10 N–H and O–H groups in total. The Morgan fingerprint density at radius 1 is 0.630 bits per heavy atom. The van der Waals surface area contributed by atoms with E-state index in [-0.39, 0.29) is 74.9 Å². The van der Waals surface area contributed by atoms with E-state index >= 15 is 0 Å². The fourth-order valence-electron chi connectivity index (χ4n) is 3.48. The lowest BCUT2D eigenvalue weighted by molar-refractivity contribution is -0.160. The van der Waals surface area contributed by atoms with Gasteiger partial charge in [-0.15, -0.1) is 0 Å². The van der Waals surface area contributed by atoms with Crippen LogP contribution in [0.25, 0.3) is 0 Å². The second kappa shape index (κ2) is 31.7. The molecule has 0 saturated heterocycles. The molecule has 0 aliphatic rings. The summed E-state index contributed by atoms with van der Waals surface area (Å²) >= 11 is 0. The average Bonchev–Trinajstić information content (AvgIpc) is 3.11. The molecule has 0 radical (unpaired) electrons. The number of carboxylic acids is 4. The van der Waals surface area contributed by atoms with Crippen LogP contribution >= 0.6 is 0 Å². The quantitative estimate of drug-likeness (QED) is 0.0662. The van der Waals surface area contributed by atoms with Crippen LogP contribution in [-0.2, 0) is 19.1 Å². The van der Waals surface area contributed by atoms with E-state index in [0.717, 1.165) is 31.7 Å². The zero-order valence-electron chi connectivity index (χ0n) is 33.3. The summed E-state index contributed by atoms with van der Waals surface area (Å²) in [6.07, 6.45) is 4.43. The number of aliphatic carboxylic acids is 2.